The summed E-state index contributed by atoms with van der Waals surface area (Å²) >= 11 is 0. The normalized spacial score (nSPS) is 13.9. The van der Waals surface area contributed by atoms with Gasteiger partial charge in [-0.1, -0.05) is 0 Å². The Kier molecular flexibility index (Phi) is 6.39. The molecule has 1 unspecified atom stereocenters. The Hall–Kier alpha value is -0.200. The van der Waals surface area contributed by atoms with Crippen molar-refractivity contribution in [2.45, 2.75) is 12.3 Å². The van der Waals surface area contributed by atoms with Crippen LogP contribution in [0.2, 0.25) is 0 Å². The molecule has 1 atom stereocenters. The van der Waals surface area contributed by atoms with Crippen molar-refractivity contribution < 1.29 is 14.2 Å². The van der Waals surface area contributed by atoms with Crippen LogP contribution in [0.25, 0.3) is 0 Å². The van der Waals surface area contributed by atoms with Gasteiger partial charge in [-0.2, -0.15) is 0 Å². The number of ether oxygens (including phenoxy) is 3. The number of rotatable bonds is 6. The van der Waals surface area contributed by atoms with E-state index in [1.165, 1.54) is 0 Å². The van der Waals surface area contributed by atoms with Crippen LogP contribution in [0.4, 0.5) is 0 Å². The lowest BCUT2D eigenvalue weighted by molar-refractivity contribution is -0.132. The molecule has 0 fully saturated rings. The summed E-state index contributed by atoms with van der Waals surface area (Å²) in [6.45, 7) is 0.447. The molecule has 0 aromatic carbocycles. The molecule has 11 heavy (non-hydrogen) atoms. The van der Waals surface area contributed by atoms with Gasteiger partial charge in [0.15, 0.2) is 6.29 Å². The maximum absolute atomic E-state index is 5.22. The predicted molar refractivity (Wildman–Crippen MR) is 40.8 cm³/mol. The van der Waals surface area contributed by atoms with Gasteiger partial charge in [-0.25, -0.2) is 5.43 Å². The van der Waals surface area contributed by atoms with Crippen LogP contribution in [0.1, 0.15) is 0 Å². The lowest BCUT2D eigenvalue weighted by Crippen LogP contribution is -2.48. The molecule has 0 saturated carbocycles. The van der Waals surface area contributed by atoms with Gasteiger partial charge in [0.05, 0.1) is 12.6 Å². The number of hydrogen-bond acceptors (Lipinski definition) is 5. The summed E-state index contributed by atoms with van der Waals surface area (Å²) in [6, 6.07) is -0.144. The van der Waals surface area contributed by atoms with E-state index in [4.69, 9.17) is 20.1 Å². The first-order chi connectivity index (χ1) is 5.29. The molecule has 0 rings (SSSR count). The zero-order chi connectivity index (χ0) is 8.69. The maximum Gasteiger partial charge on any atom is 0.175 e. The van der Waals surface area contributed by atoms with Crippen molar-refractivity contribution in [3.05, 3.63) is 0 Å². The Morgan fingerprint density at radius 3 is 2.09 bits per heavy atom. The van der Waals surface area contributed by atoms with E-state index in [9.17, 15) is 0 Å². The van der Waals surface area contributed by atoms with E-state index in [0.29, 0.717) is 6.61 Å². The van der Waals surface area contributed by atoms with Gasteiger partial charge in [-0.05, 0) is 0 Å². The fraction of sp³-hybridized carbons (Fsp3) is 1.00. The Morgan fingerprint density at radius 1 is 1.27 bits per heavy atom. The monoisotopic (exact) mass is 164 g/mol. The number of hydrogen-bond donors (Lipinski definition) is 2. The number of methoxy groups -OCH3 is 3. The highest BCUT2D eigenvalue weighted by Crippen LogP contribution is 1.98. The van der Waals surface area contributed by atoms with Crippen LogP contribution in [0.5, 0.6) is 0 Å². The lowest BCUT2D eigenvalue weighted by atomic mass is 10.3. The van der Waals surface area contributed by atoms with E-state index in [1.807, 2.05) is 0 Å². The largest absolute Gasteiger partial charge is 0.383 e. The van der Waals surface area contributed by atoms with Gasteiger partial charge in [0.25, 0.3) is 0 Å². The Labute approximate surface area is 66.8 Å². The molecular formula is C6H16N2O3. The summed E-state index contributed by atoms with van der Waals surface area (Å²) in [6.07, 6.45) is -0.375. The highest BCUT2D eigenvalue weighted by atomic mass is 16.7. The van der Waals surface area contributed by atoms with Crippen molar-refractivity contribution in [1.82, 2.24) is 5.43 Å². The molecular weight excluding hydrogens is 148 g/mol. The van der Waals surface area contributed by atoms with Crippen molar-refractivity contribution in [3.8, 4) is 0 Å². The van der Waals surface area contributed by atoms with E-state index in [-0.39, 0.29) is 12.3 Å². The Morgan fingerprint density at radius 2 is 1.82 bits per heavy atom. The number of nitrogens with two attached hydrogens (primary N) is 1. The van der Waals surface area contributed by atoms with Gasteiger partial charge in [-0.15, -0.1) is 0 Å². The molecule has 0 spiro atoms. The summed E-state index contributed by atoms with van der Waals surface area (Å²) in [5.74, 6) is 5.22. The first kappa shape index (κ1) is 10.8. The molecule has 3 N–H and O–H groups in total. The summed E-state index contributed by atoms with van der Waals surface area (Å²) in [5.41, 5.74) is 2.53. The molecule has 0 amide bonds. The minimum atomic E-state index is -0.375. The molecule has 0 bridgehead atoms. The van der Waals surface area contributed by atoms with Gasteiger partial charge in [0, 0.05) is 21.3 Å². The Bertz CT molecular complexity index is 87.9. The smallest absolute Gasteiger partial charge is 0.175 e. The standard InChI is InChI=1S/C6H16N2O3/c1-9-4-5(8-7)6(10-2)11-3/h5-6,8H,4,7H2,1-3H3. The summed E-state index contributed by atoms with van der Waals surface area (Å²) in [4.78, 5) is 0. The zero-order valence-corrected chi connectivity index (χ0v) is 7.16. The molecule has 5 heteroatoms. The fourth-order valence-corrected chi connectivity index (χ4v) is 0.810. The van der Waals surface area contributed by atoms with E-state index in [2.05, 4.69) is 5.43 Å². The minimum Gasteiger partial charge on any atom is -0.383 e. The molecule has 5 nitrogen and oxygen atoms in total. The molecule has 0 saturated heterocycles. The van der Waals surface area contributed by atoms with Crippen LogP contribution in [0.15, 0.2) is 0 Å². The third kappa shape index (κ3) is 3.64. The summed E-state index contributed by atoms with van der Waals surface area (Å²) in [7, 11) is 4.69. The minimum absolute atomic E-state index is 0.144. The number of nitrogens with one attached hydrogen (secondary N) is 1. The number of hydrazine groups is 1. The SMILES string of the molecule is COCC(NN)C(OC)OC. The highest BCUT2D eigenvalue weighted by Gasteiger charge is 2.18. The van der Waals surface area contributed by atoms with Crippen molar-refractivity contribution in [2.24, 2.45) is 5.84 Å². The zero-order valence-electron chi connectivity index (χ0n) is 7.16. The molecule has 0 aromatic heterocycles. The van der Waals surface area contributed by atoms with Crippen molar-refractivity contribution in [1.29, 1.82) is 0 Å². The van der Waals surface area contributed by atoms with Crippen LogP contribution >= 0.6 is 0 Å². The highest BCUT2D eigenvalue weighted by molar-refractivity contribution is 4.65. The van der Waals surface area contributed by atoms with E-state index in [0.717, 1.165) is 0 Å². The third-order valence-electron chi connectivity index (χ3n) is 1.35. The predicted octanol–water partition coefficient (Wildman–Crippen LogP) is -0.916. The van der Waals surface area contributed by atoms with Crippen molar-refractivity contribution in [2.75, 3.05) is 27.9 Å². The second-order valence-electron chi connectivity index (χ2n) is 2.07. The second kappa shape index (κ2) is 6.51. The third-order valence-corrected chi connectivity index (χ3v) is 1.35. The molecule has 0 aliphatic carbocycles. The van der Waals surface area contributed by atoms with Crippen LogP contribution in [0, 0.1) is 0 Å². The fourth-order valence-electron chi connectivity index (χ4n) is 0.810. The summed E-state index contributed by atoms with van der Waals surface area (Å²) in [5, 5.41) is 0. The first-order valence-corrected chi connectivity index (χ1v) is 3.30. The Balaban J connectivity index is 3.76. The second-order valence-corrected chi connectivity index (χ2v) is 2.07. The van der Waals surface area contributed by atoms with Crippen molar-refractivity contribution in [3.63, 3.8) is 0 Å². The van der Waals surface area contributed by atoms with E-state index < -0.39 is 0 Å². The molecule has 0 heterocycles. The maximum atomic E-state index is 5.22. The van der Waals surface area contributed by atoms with Gasteiger partial charge in [-0.3, -0.25) is 5.84 Å². The van der Waals surface area contributed by atoms with Crippen LogP contribution in [-0.4, -0.2) is 40.3 Å². The van der Waals surface area contributed by atoms with Gasteiger partial charge >= 0.3 is 0 Å². The van der Waals surface area contributed by atoms with Gasteiger partial charge < -0.3 is 14.2 Å². The lowest BCUT2D eigenvalue weighted by Gasteiger charge is -2.22. The van der Waals surface area contributed by atoms with Gasteiger partial charge in [0.1, 0.15) is 0 Å². The molecule has 0 aliphatic heterocycles. The first-order valence-electron chi connectivity index (χ1n) is 3.30. The van der Waals surface area contributed by atoms with Gasteiger partial charge in [0.2, 0.25) is 0 Å². The molecule has 0 aromatic rings. The quantitative estimate of drug-likeness (QED) is 0.302. The summed E-state index contributed by atoms with van der Waals surface area (Å²) < 4.78 is 14.8. The molecule has 0 aliphatic rings. The average molecular weight is 164 g/mol. The van der Waals surface area contributed by atoms with Crippen LogP contribution < -0.4 is 11.3 Å². The van der Waals surface area contributed by atoms with Crippen molar-refractivity contribution >= 4 is 0 Å². The van der Waals surface area contributed by atoms with E-state index >= 15 is 0 Å². The van der Waals surface area contributed by atoms with E-state index in [1.54, 1.807) is 21.3 Å². The molecule has 0 radical (unpaired) electrons. The van der Waals surface area contributed by atoms with Crippen LogP contribution in [0.3, 0.4) is 0 Å². The van der Waals surface area contributed by atoms with Crippen LogP contribution in [-0.2, 0) is 14.2 Å². The average Bonchev–Trinajstić information content (AvgIpc) is 2.05. The molecule has 68 valence electrons. The topological polar surface area (TPSA) is 65.7 Å².